The fraction of sp³-hybridized carbons (Fsp3) is 0.133. The molecule has 0 aliphatic rings. The number of fused-ring (bicyclic) bond motifs is 1. The van der Waals surface area contributed by atoms with Crippen molar-refractivity contribution in [2.75, 3.05) is 11.9 Å². The van der Waals surface area contributed by atoms with Gasteiger partial charge in [-0.15, -0.1) is 0 Å². The Labute approximate surface area is 116 Å². The normalized spacial score (nSPS) is 10.4. The third-order valence-corrected chi connectivity index (χ3v) is 3.08. The van der Waals surface area contributed by atoms with E-state index in [1.54, 1.807) is 10.7 Å². The smallest absolute Gasteiger partial charge is 0.172 e. The molecule has 2 heterocycles. The fourth-order valence-corrected chi connectivity index (χ4v) is 2.09. The highest BCUT2D eigenvalue weighted by molar-refractivity contribution is 5.66. The van der Waals surface area contributed by atoms with Gasteiger partial charge < -0.3 is 5.32 Å². The minimum atomic E-state index is 0.485. The van der Waals surface area contributed by atoms with Crippen LogP contribution in [-0.4, -0.2) is 21.1 Å². The van der Waals surface area contributed by atoms with Gasteiger partial charge in [0.2, 0.25) is 0 Å². The standard InChI is InChI=1S/C15H13N5/c1-2-17-14-5-3-11(4-6-14)13-8-18-15-12(7-16)9-19-20(15)10-13/h3-6,8-10,17H,2H2,1H3. The molecule has 0 bridgehead atoms. The molecule has 0 saturated heterocycles. The summed E-state index contributed by atoms with van der Waals surface area (Å²) >= 11 is 0. The fourth-order valence-electron chi connectivity index (χ4n) is 2.09. The van der Waals surface area contributed by atoms with E-state index in [1.807, 2.05) is 30.5 Å². The lowest BCUT2D eigenvalue weighted by molar-refractivity contribution is 0.941. The highest BCUT2D eigenvalue weighted by Crippen LogP contribution is 2.21. The first-order valence-electron chi connectivity index (χ1n) is 6.39. The molecular weight excluding hydrogens is 250 g/mol. The first-order chi connectivity index (χ1) is 9.81. The van der Waals surface area contributed by atoms with Crippen molar-refractivity contribution in [1.29, 1.82) is 5.26 Å². The minimum Gasteiger partial charge on any atom is -0.385 e. The van der Waals surface area contributed by atoms with Crippen LogP contribution in [0, 0.1) is 11.3 Å². The van der Waals surface area contributed by atoms with Crippen LogP contribution < -0.4 is 5.32 Å². The Morgan fingerprint density at radius 2 is 2.00 bits per heavy atom. The Kier molecular flexibility index (Phi) is 3.05. The van der Waals surface area contributed by atoms with E-state index in [-0.39, 0.29) is 0 Å². The molecule has 98 valence electrons. The molecule has 5 nitrogen and oxygen atoms in total. The van der Waals surface area contributed by atoms with Gasteiger partial charge in [-0.2, -0.15) is 10.4 Å². The number of aromatic nitrogens is 3. The van der Waals surface area contributed by atoms with Crippen LogP contribution in [0.15, 0.2) is 42.9 Å². The van der Waals surface area contributed by atoms with Crippen molar-refractivity contribution in [2.24, 2.45) is 0 Å². The van der Waals surface area contributed by atoms with Crippen LogP contribution in [-0.2, 0) is 0 Å². The molecule has 2 aromatic heterocycles. The summed E-state index contributed by atoms with van der Waals surface area (Å²) in [5.74, 6) is 0. The molecule has 0 radical (unpaired) electrons. The number of rotatable bonds is 3. The molecule has 0 aliphatic carbocycles. The van der Waals surface area contributed by atoms with Gasteiger partial charge in [0.25, 0.3) is 0 Å². The van der Waals surface area contributed by atoms with Gasteiger partial charge >= 0.3 is 0 Å². The van der Waals surface area contributed by atoms with Gasteiger partial charge in [0.15, 0.2) is 5.65 Å². The lowest BCUT2D eigenvalue weighted by atomic mass is 10.1. The molecule has 0 unspecified atom stereocenters. The predicted molar refractivity (Wildman–Crippen MR) is 77.3 cm³/mol. The van der Waals surface area contributed by atoms with Crippen LogP contribution in [0.3, 0.4) is 0 Å². The molecule has 0 amide bonds. The molecule has 1 N–H and O–H groups in total. The molecule has 0 aliphatic heterocycles. The summed E-state index contributed by atoms with van der Waals surface area (Å²) in [5, 5.41) is 16.3. The average Bonchev–Trinajstić information content (AvgIpc) is 2.90. The zero-order chi connectivity index (χ0) is 13.9. The van der Waals surface area contributed by atoms with E-state index in [0.29, 0.717) is 11.2 Å². The number of nitriles is 1. The second-order valence-electron chi connectivity index (χ2n) is 4.39. The molecule has 3 rings (SSSR count). The molecule has 5 heteroatoms. The Morgan fingerprint density at radius 1 is 1.20 bits per heavy atom. The van der Waals surface area contributed by atoms with E-state index in [9.17, 15) is 0 Å². The molecule has 20 heavy (non-hydrogen) atoms. The van der Waals surface area contributed by atoms with Gasteiger partial charge in [0.1, 0.15) is 11.6 Å². The number of nitrogens with zero attached hydrogens (tertiary/aromatic N) is 4. The van der Waals surface area contributed by atoms with Crippen LogP contribution in [0.5, 0.6) is 0 Å². The summed E-state index contributed by atoms with van der Waals surface area (Å²) < 4.78 is 1.63. The maximum Gasteiger partial charge on any atom is 0.172 e. The van der Waals surface area contributed by atoms with E-state index in [0.717, 1.165) is 23.4 Å². The molecule has 0 atom stereocenters. The van der Waals surface area contributed by atoms with Crippen LogP contribution in [0.2, 0.25) is 0 Å². The van der Waals surface area contributed by atoms with Gasteiger partial charge in [-0.05, 0) is 24.6 Å². The minimum absolute atomic E-state index is 0.485. The second-order valence-corrected chi connectivity index (χ2v) is 4.39. The number of benzene rings is 1. The quantitative estimate of drug-likeness (QED) is 0.789. The Bertz CT molecular complexity index is 780. The topological polar surface area (TPSA) is 66.0 Å². The van der Waals surface area contributed by atoms with Gasteiger partial charge in [0.05, 0.1) is 6.20 Å². The van der Waals surface area contributed by atoms with E-state index in [1.165, 1.54) is 6.20 Å². The maximum atomic E-state index is 8.94. The van der Waals surface area contributed by atoms with Crippen LogP contribution >= 0.6 is 0 Å². The van der Waals surface area contributed by atoms with Gasteiger partial charge in [-0.25, -0.2) is 9.50 Å². The van der Waals surface area contributed by atoms with E-state index >= 15 is 0 Å². The Hall–Kier alpha value is -2.87. The van der Waals surface area contributed by atoms with Crippen molar-refractivity contribution in [3.05, 3.63) is 48.4 Å². The first kappa shape index (κ1) is 12.2. The summed E-state index contributed by atoms with van der Waals surface area (Å²) in [6, 6.07) is 10.2. The first-order valence-corrected chi connectivity index (χ1v) is 6.39. The second kappa shape index (κ2) is 5.02. The number of hydrogen-bond acceptors (Lipinski definition) is 4. The van der Waals surface area contributed by atoms with Crippen molar-refractivity contribution in [3.63, 3.8) is 0 Å². The number of nitrogens with one attached hydrogen (secondary N) is 1. The zero-order valence-corrected chi connectivity index (χ0v) is 11.0. The maximum absolute atomic E-state index is 8.94. The summed E-state index contributed by atoms with van der Waals surface area (Å²) in [5.41, 5.74) is 4.19. The van der Waals surface area contributed by atoms with Crippen molar-refractivity contribution in [2.45, 2.75) is 6.92 Å². The van der Waals surface area contributed by atoms with E-state index in [4.69, 9.17) is 5.26 Å². The lowest BCUT2D eigenvalue weighted by Gasteiger charge is -2.05. The zero-order valence-electron chi connectivity index (χ0n) is 11.0. The molecular formula is C15H13N5. The summed E-state index contributed by atoms with van der Waals surface area (Å²) in [4.78, 5) is 4.31. The number of anilines is 1. The Balaban J connectivity index is 1.99. The van der Waals surface area contributed by atoms with Gasteiger partial charge in [-0.3, -0.25) is 0 Å². The highest BCUT2D eigenvalue weighted by atomic mass is 15.2. The molecule has 0 saturated carbocycles. The van der Waals surface area contributed by atoms with Crippen LogP contribution in [0.25, 0.3) is 16.8 Å². The van der Waals surface area contributed by atoms with Crippen molar-refractivity contribution >= 4 is 11.3 Å². The summed E-state index contributed by atoms with van der Waals surface area (Å²) in [7, 11) is 0. The van der Waals surface area contributed by atoms with Crippen molar-refractivity contribution < 1.29 is 0 Å². The molecule has 0 fully saturated rings. The van der Waals surface area contributed by atoms with Crippen molar-refractivity contribution in [3.8, 4) is 17.2 Å². The van der Waals surface area contributed by atoms with Gasteiger partial charge in [-0.1, -0.05) is 12.1 Å². The predicted octanol–water partition coefficient (Wildman–Crippen LogP) is 2.70. The summed E-state index contributed by atoms with van der Waals surface area (Å²) in [6.07, 6.45) is 5.17. The van der Waals surface area contributed by atoms with Crippen LogP contribution in [0.1, 0.15) is 12.5 Å². The van der Waals surface area contributed by atoms with E-state index < -0.39 is 0 Å². The molecule has 0 spiro atoms. The largest absolute Gasteiger partial charge is 0.385 e. The summed E-state index contributed by atoms with van der Waals surface area (Å²) in [6.45, 7) is 2.97. The SMILES string of the molecule is CCNc1ccc(-c2cnc3c(C#N)cnn3c2)cc1. The van der Waals surface area contributed by atoms with Crippen LogP contribution in [0.4, 0.5) is 5.69 Å². The molecule has 3 aromatic rings. The monoisotopic (exact) mass is 263 g/mol. The molecule has 1 aromatic carbocycles. The van der Waals surface area contributed by atoms with E-state index in [2.05, 4.69) is 28.4 Å². The third kappa shape index (κ3) is 2.08. The average molecular weight is 263 g/mol. The Morgan fingerprint density at radius 3 is 2.70 bits per heavy atom. The van der Waals surface area contributed by atoms with Gasteiger partial charge in [0, 0.05) is 30.2 Å². The lowest BCUT2D eigenvalue weighted by Crippen LogP contribution is -1.96. The number of hydrogen-bond donors (Lipinski definition) is 1. The third-order valence-electron chi connectivity index (χ3n) is 3.08. The van der Waals surface area contributed by atoms with Crippen molar-refractivity contribution in [1.82, 2.24) is 14.6 Å². The highest BCUT2D eigenvalue weighted by Gasteiger charge is 2.06.